The number of nitrogens with zero attached hydrogens (tertiary/aromatic N) is 1. The maximum absolute atomic E-state index is 11.5. The zero-order valence-electron chi connectivity index (χ0n) is 11.2. The summed E-state index contributed by atoms with van der Waals surface area (Å²) >= 11 is 3.38. The predicted octanol–water partition coefficient (Wildman–Crippen LogP) is 1.98. The first kappa shape index (κ1) is 14.3. The van der Waals surface area contributed by atoms with Crippen LogP contribution in [0, 0.1) is 5.92 Å². The number of amides is 1. The molecular formula is C14H20BrN3O. The average molecular weight is 326 g/mol. The first-order chi connectivity index (χ1) is 9.08. The minimum Gasteiger partial charge on any atom is -0.374 e. The minimum atomic E-state index is -0.384. The molecule has 19 heavy (non-hydrogen) atoms. The van der Waals surface area contributed by atoms with Crippen molar-refractivity contribution in [3.8, 4) is 0 Å². The zero-order valence-corrected chi connectivity index (χ0v) is 12.7. The van der Waals surface area contributed by atoms with Gasteiger partial charge in [-0.3, -0.25) is 4.79 Å². The van der Waals surface area contributed by atoms with Gasteiger partial charge >= 0.3 is 0 Å². The van der Waals surface area contributed by atoms with E-state index in [2.05, 4.69) is 26.1 Å². The van der Waals surface area contributed by atoms with Crippen molar-refractivity contribution >= 4 is 27.5 Å². The molecule has 0 aliphatic carbocycles. The molecule has 1 unspecified atom stereocenters. The van der Waals surface area contributed by atoms with Crippen LogP contribution in [0.1, 0.15) is 23.2 Å². The van der Waals surface area contributed by atoms with Crippen LogP contribution in [0.15, 0.2) is 22.7 Å². The van der Waals surface area contributed by atoms with Crippen LogP contribution < -0.4 is 16.0 Å². The van der Waals surface area contributed by atoms with Crippen LogP contribution in [0.3, 0.4) is 0 Å². The van der Waals surface area contributed by atoms with E-state index in [0.717, 1.165) is 29.8 Å². The molecule has 1 fully saturated rings. The lowest BCUT2D eigenvalue weighted by molar-refractivity contribution is 0.100. The molecule has 1 aromatic rings. The van der Waals surface area contributed by atoms with E-state index in [4.69, 9.17) is 5.73 Å². The Balaban J connectivity index is 2.13. The summed E-state index contributed by atoms with van der Waals surface area (Å²) in [5, 5.41) is 3.41. The van der Waals surface area contributed by atoms with E-state index >= 15 is 0 Å². The maximum Gasteiger partial charge on any atom is 0.250 e. The van der Waals surface area contributed by atoms with E-state index in [1.807, 2.05) is 19.2 Å². The number of hydrogen-bond acceptors (Lipinski definition) is 3. The molecule has 1 amide bonds. The molecule has 2 rings (SSSR count). The number of benzene rings is 1. The van der Waals surface area contributed by atoms with Crippen molar-refractivity contribution in [2.45, 2.75) is 12.8 Å². The maximum atomic E-state index is 11.5. The third-order valence-corrected chi connectivity index (χ3v) is 4.06. The third-order valence-electron chi connectivity index (χ3n) is 3.57. The van der Waals surface area contributed by atoms with Crippen molar-refractivity contribution in [3.63, 3.8) is 0 Å². The second-order valence-corrected chi connectivity index (χ2v) is 6.03. The zero-order chi connectivity index (χ0) is 13.8. The smallest absolute Gasteiger partial charge is 0.250 e. The van der Waals surface area contributed by atoms with Crippen LogP contribution in [0.5, 0.6) is 0 Å². The van der Waals surface area contributed by atoms with Crippen LogP contribution in [-0.2, 0) is 0 Å². The van der Waals surface area contributed by atoms with Crippen molar-refractivity contribution in [3.05, 3.63) is 28.2 Å². The number of anilines is 1. The van der Waals surface area contributed by atoms with Crippen LogP contribution in [-0.4, -0.2) is 32.6 Å². The van der Waals surface area contributed by atoms with Gasteiger partial charge < -0.3 is 16.0 Å². The van der Waals surface area contributed by atoms with E-state index in [1.54, 1.807) is 6.07 Å². The van der Waals surface area contributed by atoms with E-state index in [9.17, 15) is 4.79 Å². The number of carbonyl (C=O) groups excluding carboxylic acids is 1. The molecule has 0 aromatic heterocycles. The first-order valence-electron chi connectivity index (χ1n) is 6.59. The van der Waals surface area contributed by atoms with Crippen molar-refractivity contribution in [2.24, 2.45) is 11.7 Å². The molecule has 0 bridgehead atoms. The fourth-order valence-corrected chi connectivity index (χ4v) is 2.97. The lowest BCUT2D eigenvalue weighted by atomic mass is 9.98. The number of rotatable bonds is 4. The highest BCUT2D eigenvalue weighted by molar-refractivity contribution is 9.10. The number of primary amides is 1. The number of hydrogen-bond donors (Lipinski definition) is 2. The molecule has 1 aliphatic heterocycles. The Morgan fingerprint density at radius 3 is 3.00 bits per heavy atom. The summed E-state index contributed by atoms with van der Waals surface area (Å²) in [6, 6.07) is 5.67. The van der Waals surface area contributed by atoms with Crippen molar-refractivity contribution in [1.29, 1.82) is 0 Å². The quantitative estimate of drug-likeness (QED) is 0.890. The van der Waals surface area contributed by atoms with Gasteiger partial charge in [0, 0.05) is 23.8 Å². The van der Waals surface area contributed by atoms with Gasteiger partial charge in [-0.25, -0.2) is 0 Å². The minimum absolute atomic E-state index is 0.384. The summed E-state index contributed by atoms with van der Waals surface area (Å²) in [4.78, 5) is 13.7. The fraction of sp³-hybridized carbons (Fsp3) is 0.500. The van der Waals surface area contributed by atoms with Gasteiger partial charge in [0.25, 0.3) is 5.91 Å². The van der Waals surface area contributed by atoms with E-state index < -0.39 is 0 Å². The molecular weight excluding hydrogens is 306 g/mol. The summed E-state index contributed by atoms with van der Waals surface area (Å²) in [6.45, 7) is 3.10. The molecule has 0 spiro atoms. The number of nitrogens with two attached hydrogens (primary N) is 1. The van der Waals surface area contributed by atoms with Crippen LogP contribution in [0.4, 0.5) is 5.69 Å². The molecule has 1 heterocycles. The second-order valence-electron chi connectivity index (χ2n) is 5.12. The highest BCUT2D eigenvalue weighted by Crippen LogP contribution is 2.25. The monoisotopic (exact) mass is 325 g/mol. The van der Waals surface area contributed by atoms with Gasteiger partial charge in [0.1, 0.15) is 0 Å². The first-order valence-corrected chi connectivity index (χ1v) is 7.38. The Bertz CT molecular complexity index is 458. The van der Waals surface area contributed by atoms with Crippen molar-refractivity contribution < 1.29 is 4.79 Å². The van der Waals surface area contributed by atoms with Gasteiger partial charge in [-0.05, 0) is 50.0 Å². The number of halogens is 1. The normalized spacial score (nSPS) is 19.2. The summed E-state index contributed by atoms with van der Waals surface area (Å²) < 4.78 is 0.873. The van der Waals surface area contributed by atoms with Gasteiger partial charge in [-0.1, -0.05) is 15.9 Å². The molecule has 104 valence electrons. The standard InChI is InChI=1S/C14H20BrN3O/c1-18(9-10-3-2-6-17-8-10)13-5-4-11(15)7-12(13)14(16)19/h4-5,7,10,17H,2-3,6,8-9H2,1H3,(H2,16,19). The Morgan fingerprint density at radius 1 is 1.58 bits per heavy atom. The van der Waals surface area contributed by atoms with Crippen molar-refractivity contribution in [2.75, 3.05) is 31.6 Å². The van der Waals surface area contributed by atoms with Gasteiger partial charge in [-0.2, -0.15) is 0 Å². The van der Waals surface area contributed by atoms with E-state index in [1.165, 1.54) is 12.8 Å². The SMILES string of the molecule is CN(CC1CCCNC1)c1ccc(Br)cc1C(N)=O. The van der Waals surface area contributed by atoms with Crippen molar-refractivity contribution in [1.82, 2.24) is 5.32 Å². The van der Waals surface area contributed by atoms with E-state index in [0.29, 0.717) is 11.5 Å². The summed E-state index contributed by atoms with van der Waals surface area (Å²) in [5.41, 5.74) is 6.93. The Hall–Kier alpha value is -1.07. The number of carbonyl (C=O) groups is 1. The molecule has 0 radical (unpaired) electrons. The fourth-order valence-electron chi connectivity index (χ4n) is 2.60. The number of nitrogens with one attached hydrogen (secondary N) is 1. The van der Waals surface area contributed by atoms with E-state index in [-0.39, 0.29) is 5.91 Å². The largest absolute Gasteiger partial charge is 0.374 e. The summed E-state index contributed by atoms with van der Waals surface area (Å²) in [6.07, 6.45) is 2.46. The highest BCUT2D eigenvalue weighted by atomic mass is 79.9. The van der Waals surface area contributed by atoms with Gasteiger partial charge in [0.2, 0.25) is 0 Å². The lowest BCUT2D eigenvalue weighted by Crippen LogP contribution is -2.37. The van der Waals surface area contributed by atoms with Gasteiger partial charge in [0.05, 0.1) is 5.56 Å². The summed E-state index contributed by atoms with van der Waals surface area (Å²) in [5.74, 6) is 0.244. The Kier molecular flexibility index (Phi) is 4.82. The molecule has 1 aliphatic rings. The lowest BCUT2D eigenvalue weighted by Gasteiger charge is -2.29. The molecule has 1 aromatic carbocycles. The molecule has 1 atom stereocenters. The molecule has 3 N–H and O–H groups in total. The van der Waals surface area contributed by atoms with Crippen LogP contribution in [0.25, 0.3) is 0 Å². The average Bonchev–Trinajstić information content (AvgIpc) is 2.39. The van der Waals surface area contributed by atoms with Crippen LogP contribution >= 0.6 is 15.9 Å². The third kappa shape index (κ3) is 3.70. The molecule has 4 nitrogen and oxygen atoms in total. The Labute approximate surface area is 122 Å². The molecule has 1 saturated heterocycles. The predicted molar refractivity (Wildman–Crippen MR) is 81.5 cm³/mol. The molecule has 5 heteroatoms. The topological polar surface area (TPSA) is 58.4 Å². The molecule has 0 saturated carbocycles. The summed E-state index contributed by atoms with van der Waals surface area (Å²) in [7, 11) is 2.02. The number of piperidine rings is 1. The van der Waals surface area contributed by atoms with Crippen LogP contribution in [0.2, 0.25) is 0 Å². The van der Waals surface area contributed by atoms with Gasteiger partial charge in [0.15, 0.2) is 0 Å². The Morgan fingerprint density at radius 2 is 2.37 bits per heavy atom. The van der Waals surface area contributed by atoms with Gasteiger partial charge in [-0.15, -0.1) is 0 Å². The highest BCUT2D eigenvalue weighted by Gasteiger charge is 2.18. The second kappa shape index (κ2) is 6.39.